The maximum Gasteiger partial charge on any atom is 0.260 e. The van der Waals surface area contributed by atoms with E-state index >= 15 is 0 Å². The Morgan fingerprint density at radius 2 is 2.22 bits per heavy atom. The molecule has 3 rings (SSSR count). The third-order valence-electron chi connectivity index (χ3n) is 3.20. The third-order valence-corrected chi connectivity index (χ3v) is 4.24. The van der Waals surface area contributed by atoms with E-state index in [9.17, 15) is 9.59 Å². The second-order valence-electron chi connectivity index (χ2n) is 4.82. The number of para-hydroxylation sites is 1. The number of fused-ring (bicyclic) bond motifs is 1. The molecule has 0 spiro atoms. The summed E-state index contributed by atoms with van der Waals surface area (Å²) in [4.78, 5) is 30.5. The van der Waals surface area contributed by atoms with Gasteiger partial charge in [-0.1, -0.05) is 18.2 Å². The number of anilines is 1. The van der Waals surface area contributed by atoms with Gasteiger partial charge in [0.25, 0.3) is 5.91 Å². The van der Waals surface area contributed by atoms with Crippen LogP contribution in [0.15, 0.2) is 58.8 Å². The summed E-state index contributed by atoms with van der Waals surface area (Å²) >= 11 is 1.48. The van der Waals surface area contributed by atoms with E-state index in [2.05, 4.69) is 15.5 Å². The molecule has 1 N–H and O–H groups in total. The average molecular weight is 326 g/mol. The molecule has 0 bridgehead atoms. The van der Waals surface area contributed by atoms with Crippen molar-refractivity contribution in [2.45, 2.75) is 4.90 Å². The first kappa shape index (κ1) is 15.2. The molecule has 0 unspecified atom stereocenters. The van der Waals surface area contributed by atoms with Crippen LogP contribution in [0.2, 0.25) is 0 Å². The summed E-state index contributed by atoms with van der Waals surface area (Å²) in [6.07, 6.45) is 4.80. The molecule has 0 fully saturated rings. The van der Waals surface area contributed by atoms with Gasteiger partial charge in [-0.05, 0) is 18.2 Å². The number of benzene rings is 1. The third kappa shape index (κ3) is 3.75. The topological polar surface area (TPSA) is 74.7 Å². The van der Waals surface area contributed by atoms with Gasteiger partial charge in [-0.3, -0.25) is 14.6 Å². The molecule has 23 heavy (non-hydrogen) atoms. The number of hydrogen-bond acceptors (Lipinski definition) is 5. The van der Waals surface area contributed by atoms with E-state index in [0.717, 1.165) is 16.1 Å². The number of carbonyl (C=O) groups excluding carboxylic acids is 2. The average Bonchev–Trinajstić information content (AvgIpc) is 2.58. The van der Waals surface area contributed by atoms with Crippen LogP contribution >= 0.6 is 11.8 Å². The molecule has 0 aliphatic carbocycles. The Balaban J connectivity index is 1.64. The monoisotopic (exact) mass is 326 g/mol. The van der Waals surface area contributed by atoms with E-state index in [0.29, 0.717) is 5.75 Å². The molecule has 1 aromatic carbocycles. The minimum absolute atomic E-state index is 0.0548. The molecule has 2 amide bonds. The lowest BCUT2D eigenvalue weighted by Gasteiger charge is -2.27. The van der Waals surface area contributed by atoms with Crippen LogP contribution in [0.25, 0.3) is 0 Å². The Labute approximate surface area is 137 Å². The number of aromatic nitrogens is 1. The van der Waals surface area contributed by atoms with Crippen LogP contribution in [0, 0.1) is 0 Å². The molecule has 2 aromatic rings. The number of hydrogen-bond donors (Lipinski definition) is 1. The van der Waals surface area contributed by atoms with E-state index < -0.39 is 0 Å². The predicted octanol–water partition coefficient (Wildman–Crippen LogP) is 1.67. The maximum atomic E-state index is 12.1. The molecule has 116 valence electrons. The number of hydrazone groups is 1. The summed E-state index contributed by atoms with van der Waals surface area (Å²) in [5.41, 5.74) is 3.98. The van der Waals surface area contributed by atoms with Gasteiger partial charge in [-0.2, -0.15) is 5.10 Å². The highest BCUT2D eigenvalue weighted by Crippen LogP contribution is 2.34. The highest BCUT2D eigenvalue weighted by Gasteiger charge is 2.25. The van der Waals surface area contributed by atoms with Crippen molar-refractivity contribution in [2.75, 3.05) is 17.2 Å². The van der Waals surface area contributed by atoms with E-state index in [1.807, 2.05) is 30.3 Å². The second kappa shape index (κ2) is 7.06. The fraction of sp³-hybridized carbons (Fsp3) is 0.125. The number of pyridine rings is 1. The van der Waals surface area contributed by atoms with Crippen LogP contribution in [0.5, 0.6) is 0 Å². The van der Waals surface area contributed by atoms with Crippen molar-refractivity contribution in [3.63, 3.8) is 0 Å². The molecule has 0 saturated heterocycles. The van der Waals surface area contributed by atoms with Crippen molar-refractivity contribution in [3.8, 4) is 0 Å². The molecule has 0 radical (unpaired) electrons. The first-order valence-corrected chi connectivity index (χ1v) is 7.97. The van der Waals surface area contributed by atoms with Gasteiger partial charge in [0.05, 0.1) is 17.7 Å². The Bertz CT molecular complexity index is 749. The van der Waals surface area contributed by atoms with E-state index in [-0.39, 0.29) is 18.4 Å². The summed E-state index contributed by atoms with van der Waals surface area (Å²) in [5, 5.41) is 3.88. The van der Waals surface area contributed by atoms with Gasteiger partial charge in [0.2, 0.25) is 5.91 Å². The van der Waals surface area contributed by atoms with Gasteiger partial charge >= 0.3 is 0 Å². The number of amides is 2. The van der Waals surface area contributed by atoms with Gasteiger partial charge in [0.1, 0.15) is 6.54 Å². The van der Waals surface area contributed by atoms with Gasteiger partial charge in [-0.15, -0.1) is 11.8 Å². The standard InChI is InChI=1S/C16H14N4O2S/c21-15(19-18-9-12-4-3-7-17-8-12)10-20-13-5-1-2-6-14(13)23-11-16(20)22/h1-9H,10-11H2,(H,19,21)/b18-9+. The molecule has 6 nitrogen and oxygen atoms in total. The molecule has 7 heteroatoms. The first-order chi connectivity index (χ1) is 11.2. The van der Waals surface area contributed by atoms with Crippen molar-refractivity contribution in [3.05, 3.63) is 54.4 Å². The van der Waals surface area contributed by atoms with Crippen molar-refractivity contribution in [1.29, 1.82) is 0 Å². The molecule has 2 heterocycles. The molecule has 1 aromatic heterocycles. The van der Waals surface area contributed by atoms with Crippen LogP contribution in [0.3, 0.4) is 0 Å². The number of carbonyl (C=O) groups is 2. The van der Waals surface area contributed by atoms with Crippen LogP contribution in [-0.4, -0.2) is 35.3 Å². The van der Waals surface area contributed by atoms with Gasteiger partial charge < -0.3 is 4.90 Å². The zero-order valence-electron chi connectivity index (χ0n) is 12.2. The summed E-state index contributed by atoms with van der Waals surface area (Å²) in [6.45, 7) is -0.0548. The molecule has 1 aliphatic heterocycles. The minimum Gasteiger partial charge on any atom is -0.301 e. The fourth-order valence-corrected chi connectivity index (χ4v) is 3.07. The zero-order chi connectivity index (χ0) is 16.1. The number of nitrogens with one attached hydrogen (secondary N) is 1. The van der Waals surface area contributed by atoms with Crippen LogP contribution in [0.4, 0.5) is 5.69 Å². The summed E-state index contributed by atoms with van der Waals surface area (Å²) < 4.78 is 0. The molecule has 0 saturated carbocycles. The normalized spacial score (nSPS) is 13.9. The van der Waals surface area contributed by atoms with Crippen molar-refractivity contribution < 1.29 is 9.59 Å². The van der Waals surface area contributed by atoms with Gasteiger partial charge in [0, 0.05) is 22.9 Å². The highest BCUT2D eigenvalue weighted by molar-refractivity contribution is 8.00. The zero-order valence-corrected chi connectivity index (χ0v) is 13.0. The number of nitrogens with zero attached hydrogens (tertiary/aromatic N) is 3. The maximum absolute atomic E-state index is 12.1. The summed E-state index contributed by atoms with van der Waals surface area (Å²) in [7, 11) is 0. The minimum atomic E-state index is -0.347. The lowest BCUT2D eigenvalue weighted by atomic mass is 10.2. The lowest BCUT2D eigenvalue weighted by Crippen LogP contribution is -2.42. The highest BCUT2D eigenvalue weighted by atomic mass is 32.2. The van der Waals surface area contributed by atoms with Crippen LogP contribution in [-0.2, 0) is 9.59 Å². The van der Waals surface area contributed by atoms with Crippen molar-refractivity contribution in [2.24, 2.45) is 5.10 Å². The molecule has 1 aliphatic rings. The van der Waals surface area contributed by atoms with Crippen LogP contribution in [0.1, 0.15) is 5.56 Å². The Morgan fingerprint density at radius 1 is 1.35 bits per heavy atom. The van der Waals surface area contributed by atoms with E-state index in [4.69, 9.17) is 0 Å². The summed E-state index contributed by atoms with van der Waals surface area (Å²) in [5.74, 6) is -0.0937. The van der Waals surface area contributed by atoms with E-state index in [1.165, 1.54) is 22.9 Å². The SMILES string of the molecule is O=C(CN1C(=O)CSc2ccccc21)N/N=C/c1cccnc1. The number of thioether (sulfide) groups is 1. The van der Waals surface area contributed by atoms with Gasteiger partial charge in [0.15, 0.2) is 0 Å². The Morgan fingerprint density at radius 3 is 3.04 bits per heavy atom. The van der Waals surface area contributed by atoms with Gasteiger partial charge in [-0.25, -0.2) is 5.43 Å². The fourth-order valence-electron chi connectivity index (χ4n) is 2.14. The van der Waals surface area contributed by atoms with Crippen LogP contribution < -0.4 is 10.3 Å². The van der Waals surface area contributed by atoms with Crippen molar-refractivity contribution in [1.82, 2.24) is 10.4 Å². The summed E-state index contributed by atoms with van der Waals surface area (Å²) in [6, 6.07) is 11.2. The van der Waals surface area contributed by atoms with E-state index in [1.54, 1.807) is 18.5 Å². The quantitative estimate of drug-likeness (QED) is 0.685. The molecular formula is C16H14N4O2S. The van der Waals surface area contributed by atoms with Crippen molar-refractivity contribution >= 4 is 35.5 Å². The second-order valence-corrected chi connectivity index (χ2v) is 5.83. The Kier molecular flexibility index (Phi) is 4.68. The largest absolute Gasteiger partial charge is 0.301 e. The lowest BCUT2D eigenvalue weighted by molar-refractivity contribution is -0.122. The Hall–Kier alpha value is -2.67. The predicted molar refractivity (Wildman–Crippen MR) is 89.5 cm³/mol. The smallest absolute Gasteiger partial charge is 0.260 e. The molecule has 0 atom stereocenters. The number of rotatable bonds is 4. The molecular weight excluding hydrogens is 312 g/mol. The first-order valence-electron chi connectivity index (χ1n) is 6.98.